The van der Waals surface area contributed by atoms with Gasteiger partial charge in [0.15, 0.2) is 5.60 Å². The lowest BCUT2D eigenvalue weighted by Crippen LogP contribution is -2.46. The molecule has 3 N–H and O–H groups in total. The number of rotatable bonds is 7. The highest BCUT2D eigenvalue weighted by Crippen LogP contribution is 2.20. The van der Waals surface area contributed by atoms with E-state index in [-0.39, 0.29) is 13.1 Å². The SMILES string of the molecule is O=C(O)NCC1(CCOCc2ccccc2)CNC(=O)O1. The highest BCUT2D eigenvalue weighted by atomic mass is 16.6. The van der Waals surface area contributed by atoms with Gasteiger partial charge in [-0.25, -0.2) is 9.59 Å². The minimum Gasteiger partial charge on any atom is -0.465 e. The van der Waals surface area contributed by atoms with Crippen molar-refractivity contribution >= 4 is 12.2 Å². The summed E-state index contributed by atoms with van der Waals surface area (Å²) in [6, 6.07) is 9.71. The van der Waals surface area contributed by atoms with Crippen molar-refractivity contribution < 1.29 is 24.2 Å². The highest BCUT2D eigenvalue weighted by molar-refractivity contribution is 5.70. The van der Waals surface area contributed by atoms with E-state index < -0.39 is 17.8 Å². The molecule has 1 unspecified atom stereocenters. The van der Waals surface area contributed by atoms with Crippen LogP contribution in [0.2, 0.25) is 0 Å². The second-order valence-corrected chi connectivity index (χ2v) is 4.87. The van der Waals surface area contributed by atoms with E-state index in [2.05, 4.69) is 10.6 Å². The molecule has 7 heteroatoms. The van der Waals surface area contributed by atoms with Gasteiger partial charge in [-0.2, -0.15) is 0 Å². The van der Waals surface area contributed by atoms with E-state index in [1.54, 1.807) is 0 Å². The molecule has 2 rings (SSSR count). The molecule has 114 valence electrons. The summed E-state index contributed by atoms with van der Waals surface area (Å²) in [5.41, 5.74) is 0.170. The average molecular weight is 294 g/mol. The Hall–Kier alpha value is -2.28. The Balaban J connectivity index is 1.79. The molecular weight excluding hydrogens is 276 g/mol. The van der Waals surface area contributed by atoms with E-state index >= 15 is 0 Å². The number of ether oxygens (including phenoxy) is 2. The number of nitrogens with one attached hydrogen (secondary N) is 2. The molecule has 1 heterocycles. The van der Waals surface area contributed by atoms with Gasteiger partial charge < -0.3 is 25.2 Å². The fraction of sp³-hybridized carbons (Fsp3) is 0.429. The number of amides is 2. The number of carbonyl (C=O) groups is 2. The summed E-state index contributed by atoms with van der Waals surface area (Å²) in [5, 5.41) is 13.5. The molecule has 1 atom stereocenters. The van der Waals surface area contributed by atoms with E-state index in [0.717, 1.165) is 5.56 Å². The second kappa shape index (κ2) is 6.94. The van der Waals surface area contributed by atoms with E-state index in [1.807, 2.05) is 30.3 Å². The number of hydrogen-bond donors (Lipinski definition) is 3. The monoisotopic (exact) mass is 294 g/mol. The summed E-state index contributed by atoms with van der Waals surface area (Å²) >= 11 is 0. The van der Waals surface area contributed by atoms with Crippen molar-refractivity contribution in [2.24, 2.45) is 0 Å². The average Bonchev–Trinajstić information content (AvgIpc) is 2.85. The van der Waals surface area contributed by atoms with Gasteiger partial charge >= 0.3 is 12.2 Å². The molecule has 0 aromatic heterocycles. The molecule has 1 fully saturated rings. The van der Waals surface area contributed by atoms with E-state index in [4.69, 9.17) is 14.6 Å². The first-order valence-corrected chi connectivity index (χ1v) is 6.65. The molecule has 0 bridgehead atoms. The zero-order valence-corrected chi connectivity index (χ0v) is 11.5. The summed E-state index contributed by atoms with van der Waals surface area (Å²) in [6.07, 6.45) is -1.27. The summed E-state index contributed by atoms with van der Waals surface area (Å²) < 4.78 is 10.8. The van der Waals surface area contributed by atoms with Crippen LogP contribution >= 0.6 is 0 Å². The van der Waals surface area contributed by atoms with E-state index in [0.29, 0.717) is 19.6 Å². The Labute approximate surface area is 122 Å². The first-order chi connectivity index (χ1) is 10.1. The van der Waals surface area contributed by atoms with Gasteiger partial charge in [0.1, 0.15) is 0 Å². The lowest BCUT2D eigenvalue weighted by Gasteiger charge is -2.25. The second-order valence-electron chi connectivity index (χ2n) is 4.87. The summed E-state index contributed by atoms with van der Waals surface area (Å²) in [7, 11) is 0. The Morgan fingerprint density at radius 3 is 2.81 bits per heavy atom. The van der Waals surface area contributed by atoms with Crippen molar-refractivity contribution in [1.29, 1.82) is 0 Å². The van der Waals surface area contributed by atoms with Crippen molar-refractivity contribution in [3.63, 3.8) is 0 Å². The molecule has 0 aliphatic carbocycles. The highest BCUT2D eigenvalue weighted by Gasteiger charge is 2.40. The molecule has 21 heavy (non-hydrogen) atoms. The third-order valence-electron chi connectivity index (χ3n) is 3.24. The van der Waals surface area contributed by atoms with Crippen LogP contribution in [0.5, 0.6) is 0 Å². The maximum Gasteiger partial charge on any atom is 0.407 e. The first-order valence-electron chi connectivity index (χ1n) is 6.65. The van der Waals surface area contributed by atoms with Gasteiger partial charge in [-0.3, -0.25) is 0 Å². The van der Waals surface area contributed by atoms with Gasteiger partial charge in [-0.1, -0.05) is 30.3 Å². The quantitative estimate of drug-likeness (QED) is 0.659. The summed E-state index contributed by atoms with van der Waals surface area (Å²) in [4.78, 5) is 21.8. The maximum atomic E-state index is 11.2. The Morgan fingerprint density at radius 2 is 2.19 bits per heavy atom. The topological polar surface area (TPSA) is 96.9 Å². The maximum absolute atomic E-state index is 11.2. The lowest BCUT2D eigenvalue weighted by atomic mass is 10.0. The summed E-state index contributed by atoms with van der Waals surface area (Å²) in [5.74, 6) is 0. The van der Waals surface area contributed by atoms with Crippen LogP contribution in [0.3, 0.4) is 0 Å². The molecule has 0 spiro atoms. The number of alkyl carbamates (subject to hydrolysis) is 1. The van der Waals surface area contributed by atoms with Crippen molar-refractivity contribution in [3.8, 4) is 0 Å². The van der Waals surface area contributed by atoms with Crippen LogP contribution in [0.15, 0.2) is 30.3 Å². The Bertz CT molecular complexity index is 493. The van der Waals surface area contributed by atoms with Crippen LogP contribution in [0, 0.1) is 0 Å². The fourth-order valence-electron chi connectivity index (χ4n) is 2.09. The number of cyclic esters (lactones) is 1. The van der Waals surface area contributed by atoms with Gasteiger partial charge in [-0.15, -0.1) is 0 Å². The molecule has 0 saturated carbocycles. The normalized spacial score (nSPS) is 20.7. The van der Waals surface area contributed by atoms with Crippen LogP contribution in [0.25, 0.3) is 0 Å². The zero-order valence-electron chi connectivity index (χ0n) is 11.5. The Morgan fingerprint density at radius 1 is 1.43 bits per heavy atom. The molecule has 2 amide bonds. The molecular formula is C14H18N2O5. The smallest absolute Gasteiger partial charge is 0.407 e. The van der Waals surface area contributed by atoms with Crippen LogP contribution in [0.4, 0.5) is 9.59 Å². The third-order valence-corrected chi connectivity index (χ3v) is 3.24. The number of carboxylic acid groups (broad SMARTS) is 1. The molecule has 7 nitrogen and oxygen atoms in total. The number of benzene rings is 1. The largest absolute Gasteiger partial charge is 0.465 e. The lowest BCUT2D eigenvalue weighted by molar-refractivity contribution is 0.0151. The molecule has 1 aliphatic rings. The predicted molar refractivity (Wildman–Crippen MR) is 74.0 cm³/mol. The van der Waals surface area contributed by atoms with Gasteiger partial charge in [0.05, 0.1) is 26.3 Å². The molecule has 1 saturated heterocycles. The zero-order chi connectivity index (χ0) is 15.1. The van der Waals surface area contributed by atoms with Crippen molar-refractivity contribution in [3.05, 3.63) is 35.9 Å². The van der Waals surface area contributed by atoms with Gasteiger partial charge in [-0.05, 0) is 5.56 Å². The van der Waals surface area contributed by atoms with Gasteiger partial charge in [0, 0.05) is 6.42 Å². The van der Waals surface area contributed by atoms with Crippen molar-refractivity contribution in [1.82, 2.24) is 10.6 Å². The fourth-order valence-corrected chi connectivity index (χ4v) is 2.09. The predicted octanol–water partition coefficient (Wildman–Crippen LogP) is 1.34. The first kappa shape index (κ1) is 15.1. The van der Waals surface area contributed by atoms with Crippen LogP contribution < -0.4 is 10.6 Å². The van der Waals surface area contributed by atoms with E-state index in [1.165, 1.54) is 0 Å². The molecule has 1 aromatic rings. The van der Waals surface area contributed by atoms with Crippen molar-refractivity contribution in [2.45, 2.75) is 18.6 Å². The molecule has 0 radical (unpaired) electrons. The van der Waals surface area contributed by atoms with Crippen molar-refractivity contribution in [2.75, 3.05) is 19.7 Å². The summed E-state index contributed by atoms with van der Waals surface area (Å²) in [6.45, 7) is 1.13. The number of carbonyl (C=O) groups excluding carboxylic acids is 1. The van der Waals surface area contributed by atoms with Gasteiger partial charge in [0.2, 0.25) is 0 Å². The minimum atomic E-state index is -1.15. The number of hydrogen-bond acceptors (Lipinski definition) is 4. The molecule has 1 aromatic carbocycles. The Kier molecular flexibility index (Phi) is 4.99. The minimum absolute atomic E-state index is 0.0375. The van der Waals surface area contributed by atoms with Gasteiger partial charge in [0.25, 0.3) is 0 Å². The standard InChI is InChI=1S/C14H18N2O5/c17-12(18)15-9-14(10-16-13(19)21-14)6-7-20-8-11-4-2-1-3-5-11/h1-5,15H,6-10H2,(H,16,19)(H,17,18). The molecule has 1 aliphatic heterocycles. The van der Waals surface area contributed by atoms with Crippen LogP contribution in [-0.4, -0.2) is 42.6 Å². The van der Waals surface area contributed by atoms with Crippen LogP contribution in [-0.2, 0) is 16.1 Å². The van der Waals surface area contributed by atoms with Crippen LogP contribution in [0.1, 0.15) is 12.0 Å². The third kappa shape index (κ3) is 4.64. The van der Waals surface area contributed by atoms with E-state index in [9.17, 15) is 9.59 Å².